The fourth-order valence-corrected chi connectivity index (χ4v) is 3.39. The molecule has 0 bridgehead atoms. The summed E-state index contributed by atoms with van der Waals surface area (Å²) in [6.07, 6.45) is 0. The SMILES string of the molecule is CN1CCN(c2nc(C(=O)N3CCNCC3)cs2)CC1. The highest BCUT2D eigenvalue weighted by atomic mass is 32.1. The maximum Gasteiger partial charge on any atom is 0.273 e. The van der Waals surface area contributed by atoms with E-state index in [2.05, 4.69) is 27.1 Å². The number of hydrogen-bond acceptors (Lipinski definition) is 6. The second-order valence-corrected chi connectivity index (χ2v) is 6.18. The van der Waals surface area contributed by atoms with Crippen LogP contribution in [0.5, 0.6) is 0 Å². The van der Waals surface area contributed by atoms with Crippen LogP contribution < -0.4 is 10.2 Å². The number of aromatic nitrogens is 1. The highest BCUT2D eigenvalue weighted by Crippen LogP contribution is 2.22. The number of thiazole rings is 1. The predicted octanol–water partition coefficient (Wildman–Crippen LogP) is -0.0597. The van der Waals surface area contributed by atoms with Crippen LogP contribution >= 0.6 is 11.3 Å². The van der Waals surface area contributed by atoms with E-state index in [1.807, 2.05) is 10.3 Å². The van der Waals surface area contributed by atoms with Crippen molar-refractivity contribution in [3.05, 3.63) is 11.1 Å². The molecule has 2 saturated heterocycles. The molecular formula is C13H21N5OS. The summed E-state index contributed by atoms with van der Waals surface area (Å²) in [7, 11) is 2.14. The van der Waals surface area contributed by atoms with Crippen LogP contribution in [-0.4, -0.2) is 80.1 Å². The van der Waals surface area contributed by atoms with Gasteiger partial charge in [0.05, 0.1) is 0 Å². The lowest BCUT2D eigenvalue weighted by Gasteiger charge is -2.32. The first kappa shape index (κ1) is 13.8. The van der Waals surface area contributed by atoms with Gasteiger partial charge in [-0.1, -0.05) is 0 Å². The first-order chi connectivity index (χ1) is 9.74. The van der Waals surface area contributed by atoms with Crippen LogP contribution in [-0.2, 0) is 0 Å². The molecule has 1 aromatic rings. The van der Waals surface area contributed by atoms with E-state index in [1.54, 1.807) is 11.3 Å². The Morgan fingerprint density at radius 2 is 1.90 bits per heavy atom. The van der Waals surface area contributed by atoms with Crippen molar-refractivity contribution < 1.29 is 4.79 Å². The van der Waals surface area contributed by atoms with Crippen LogP contribution in [0.15, 0.2) is 5.38 Å². The molecular weight excluding hydrogens is 274 g/mol. The first-order valence-corrected chi connectivity index (χ1v) is 8.01. The van der Waals surface area contributed by atoms with E-state index in [1.165, 1.54) is 0 Å². The molecule has 2 fully saturated rings. The van der Waals surface area contributed by atoms with Gasteiger partial charge in [0.15, 0.2) is 5.13 Å². The number of nitrogens with one attached hydrogen (secondary N) is 1. The zero-order valence-electron chi connectivity index (χ0n) is 11.8. The van der Waals surface area contributed by atoms with E-state index in [9.17, 15) is 4.79 Å². The normalized spacial score (nSPS) is 21.2. The van der Waals surface area contributed by atoms with Crippen molar-refractivity contribution in [1.29, 1.82) is 0 Å². The van der Waals surface area contributed by atoms with Gasteiger partial charge in [-0.25, -0.2) is 4.98 Å². The minimum Gasteiger partial charge on any atom is -0.346 e. The Balaban J connectivity index is 1.65. The van der Waals surface area contributed by atoms with Gasteiger partial charge >= 0.3 is 0 Å². The molecule has 0 aromatic carbocycles. The van der Waals surface area contributed by atoms with Crippen molar-refractivity contribution >= 4 is 22.4 Å². The van der Waals surface area contributed by atoms with Crippen molar-refractivity contribution in [2.75, 3.05) is 64.3 Å². The zero-order chi connectivity index (χ0) is 13.9. The van der Waals surface area contributed by atoms with Gasteiger partial charge < -0.3 is 20.0 Å². The molecule has 110 valence electrons. The zero-order valence-corrected chi connectivity index (χ0v) is 12.7. The van der Waals surface area contributed by atoms with Gasteiger partial charge in [-0.15, -0.1) is 11.3 Å². The molecule has 2 aliphatic heterocycles. The second kappa shape index (κ2) is 6.07. The lowest BCUT2D eigenvalue weighted by molar-refractivity contribution is 0.0730. The highest BCUT2D eigenvalue weighted by molar-refractivity contribution is 7.13. The largest absolute Gasteiger partial charge is 0.346 e. The topological polar surface area (TPSA) is 51.7 Å². The van der Waals surface area contributed by atoms with Crippen LogP contribution in [0.25, 0.3) is 0 Å². The molecule has 0 unspecified atom stereocenters. The molecule has 3 rings (SSSR count). The Labute approximate surface area is 123 Å². The molecule has 0 radical (unpaired) electrons. The molecule has 2 aliphatic rings. The number of likely N-dealkylation sites (N-methyl/N-ethyl adjacent to an activating group) is 1. The second-order valence-electron chi connectivity index (χ2n) is 5.35. The van der Waals surface area contributed by atoms with Crippen LogP contribution in [0, 0.1) is 0 Å². The first-order valence-electron chi connectivity index (χ1n) is 7.13. The van der Waals surface area contributed by atoms with E-state index >= 15 is 0 Å². The Morgan fingerprint density at radius 1 is 1.20 bits per heavy atom. The molecule has 1 aromatic heterocycles. The molecule has 20 heavy (non-hydrogen) atoms. The predicted molar refractivity (Wildman–Crippen MR) is 80.6 cm³/mol. The standard InChI is InChI=1S/C13H21N5OS/c1-16-6-8-18(9-7-16)13-15-11(10-20-13)12(19)17-4-2-14-3-5-17/h10,14H,2-9H2,1H3. The van der Waals surface area contributed by atoms with Crippen LogP contribution in [0.2, 0.25) is 0 Å². The number of carbonyl (C=O) groups excluding carboxylic acids is 1. The molecule has 1 amide bonds. The highest BCUT2D eigenvalue weighted by Gasteiger charge is 2.22. The summed E-state index contributed by atoms with van der Waals surface area (Å²) in [5.74, 6) is 0.0723. The maximum absolute atomic E-state index is 12.4. The Kier molecular flexibility index (Phi) is 4.18. The Bertz CT molecular complexity index is 463. The third kappa shape index (κ3) is 2.94. The van der Waals surface area contributed by atoms with Crippen molar-refractivity contribution in [2.24, 2.45) is 0 Å². The Hall–Kier alpha value is -1.18. The molecule has 0 atom stereocenters. The van der Waals surface area contributed by atoms with Crippen LogP contribution in [0.3, 0.4) is 0 Å². The number of piperazine rings is 2. The summed E-state index contributed by atoms with van der Waals surface area (Å²) in [5, 5.41) is 6.14. The van der Waals surface area contributed by atoms with E-state index in [0.717, 1.165) is 57.5 Å². The molecule has 3 heterocycles. The minimum absolute atomic E-state index is 0.0723. The van der Waals surface area contributed by atoms with E-state index < -0.39 is 0 Å². The third-order valence-electron chi connectivity index (χ3n) is 3.89. The van der Waals surface area contributed by atoms with Gasteiger partial charge in [-0.2, -0.15) is 0 Å². The fourth-order valence-electron chi connectivity index (χ4n) is 2.54. The summed E-state index contributed by atoms with van der Waals surface area (Å²) >= 11 is 1.58. The van der Waals surface area contributed by atoms with Crippen molar-refractivity contribution in [1.82, 2.24) is 20.1 Å². The summed E-state index contributed by atoms with van der Waals surface area (Å²) in [4.78, 5) is 23.4. The number of nitrogens with zero attached hydrogens (tertiary/aromatic N) is 4. The average Bonchev–Trinajstić information content (AvgIpc) is 2.98. The van der Waals surface area contributed by atoms with E-state index in [0.29, 0.717) is 5.69 Å². The van der Waals surface area contributed by atoms with Crippen molar-refractivity contribution in [3.8, 4) is 0 Å². The number of amides is 1. The summed E-state index contributed by atoms with van der Waals surface area (Å²) < 4.78 is 0. The molecule has 6 nitrogen and oxygen atoms in total. The fraction of sp³-hybridized carbons (Fsp3) is 0.692. The average molecular weight is 295 g/mol. The maximum atomic E-state index is 12.4. The van der Waals surface area contributed by atoms with Gasteiger partial charge in [-0.05, 0) is 7.05 Å². The van der Waals surface area contributed by atoms with Crippen LogP contribution in [0.1, 0.15) is 10.5 Å². The lowest BCUT2D eigenvalue weighted by atomic mass is 10.3. The van der Waals surface area contributed by atoms with Gasteiger partial charge in [0.1, 0.15) is 5.69 Å². The molecule has 7 heteroatoms. The monoisotopic (exact) mass is 295 g/mol. The number of rotatable bonds is 2. The summed E-state index contributed by atoms with van der Waals surface area (Å²) in [6.45, 7) is 7.40. The van der Waals surface area contributed by atoms with Crippen molar-refractivity contribution in [2.45, 2.75) is 0 Å². The quantitative estimate of drug-likeness (QED) is 0.828. The summed E-state index contributed by atoms with van der Waals surface area (Å²) in [6, 6.07) is 0. The molecule has 0 aliphatic carbocycles. The third-order valence-corrected chi connectivity index (χ3v) is 4.79. The lowest BCUT2D eigenvalue weighted by Crippen LogP contribution is -2.46. The van der Waals surface area contributed by atoms with Gasteiger partial charge in [0.2, 0.25) is 0 Å². The van der Waals surface area contributed by atoms with Gasteiger partial charge in [0, 0.05) is 57.7 Å². The number of hydrogen-bond donors (Lipinski definition) is 1. The molecule has 1 N–H and O–H groups in total. The molecule has 0 spiro atoms. The van der Waals surface area contributed by atoms with Crippen LogP contribution in [0.4, 0.5) is 5.13 Å². The van der Waals surface area contributed by atoms with Crippen molar-refractivity contribution in [3.63, 3.8) is 0 Å². The van der Waals surface area contributed by atoms with Gasteiger partial charge in [0.25, 0.3) is 5.91 Å². The Morgan fingerprint density at radius 3 is 2.60 bits per heavy atom. The minimum atomic E-state index is 0.0723. The van der Waals surface area contributed by atoms with Gasteiger partial charge in [-0.3, -0.25) is 4.79 Å². The number of carbonyl (C=O) groups is 1. The number of anilines is 1. The van der Waals surface area contributed by atoms with E-state index in [-0.39, 0.29) is 5.91 Å². The smallest absolute Gasteiger partial charge is 0.273 e. The van der Waals surface area contributed by atoms with E-state index in [4.69, 9.17) is 0 Å². The molecule has 0 saturated carbocycles. The summed E-state index contributed by atoms with van der Waals surface area (Å²) in [5.41, 5.74) is 0.603.